The predicted molar refractivity (Wildman–Crippen MR) is 75.2 cm³/mol. The topological polar surface area (TPSA) is 38.0 Å². The van der Waals surface area contributed by atoms with E-state index in [1.807, 2.05) is 7.05 Å². The van der Waals surface area contributed by atoms with E-state index in [0.717, 1.165) is 0 Å². The lowest BCUT2D eigenvalue weighted by atomic mass is 9.84. The molecule has 0 heterocycles. The van der Waals surface area contributed by atoms with Gasteiger partial charge in [0, 0.05) is 11.6 Å². The molecule has 1 aromatic carbocycles. The van der Waals surface area contributed by atoms with Crippen molar-refractivity contribution in [2.45, 2.75) is 51.6 Å². The van der Waals surface area contributed by atoms with Gasteiger partial charge in [0.1, 0.15) is 0 Å². The van der Waals surface area contributed by atoms with E-state index in [1.54, 1.807) is 0 Å². The summed E-state index contributed by atoms with van der Waals surface area (Å²) < 4.78 is 0. The SMILES string of the molecule is CNC(C)(C)C(N)c1ccc(C(C)(C)C)cc1. The molecule has 0 aliphatic rings. The molecule has 0 aliphatic heterocycles. The third kappa shape index (κ3) is 3.30. The van der Waals surface area contributed by atoms with Crippen molar-refractivity contribution >= 4 is 0 Å². The molecule has 0 amide bonds. The minimum absolute atomic E-state index is 0.00141. The van der Waals surface area contributed by atoms with Crippen molar-refractivity contribution in [1.29, 1.82) is 0 Å². The van der Waals surface area contributed by atoms with Crippen LogP contribution in [0.3, 0.4) is 0 Å². The van der Waals surface area contributed by atoms with Crippen molar-refractivity contribution in [2.24, 2.45) is 5.73 Å². The highest BCUT2D eigenvalue weighted by Gasteiger charge is 2.25. The van der Waals surface area contributed by atoms with Crippen molar-refractivity contribution in [2.75, 3.05) is 7.05 Å². The number of nitrogens with two attached hydrogens (primary N) is 1. The predicted octanol–water partition coefficient (Wildman–Crippen LogP) is 2.98. The maximum absolute atomic E-state index is 6.28. The molecule has 96 valence electrons. The average Bonchev–Trinajstić information content (AvgIpc) is 2.27. The molecule has 0 aromatic heterocycles. The lowest BCUT2D eigenvalue weighted by Crippen LogP contribution is -2.46. The molecule has 3 N–H and O–H groups in total. The smallest absolute Gasteiger partial charge is 0.0474 e. The highest BCUT2D eigenvalue weighted by Crippen LogP contribution is 2.26. The van der Waals surface area contributed by atoms with Gasteiger partial charge in [-0.05, 0) is 37.4 Å². The number of nitrogens with one attached hydrogen (secondary N) is 1. The van der Waals surface area contributed by atoms with Crippen molar-refractivity contribution in [3.8, 4) is 0 Å². The van der Waals surface area contributed by atoms with Gasteiger partial charge >= 0.3 is 0 Å². The van der Waals surface area contributed by atoms with Crippen LogP contribution in [0.1, 0.15) is 51.8 Å². The van der Waals surface area contributed by atoms with Crippen LogP contribution in [0.4, 0.5) is 0 Å². The van der Waals surface area contributed by atoms with Crippen LogP contribution in [0.5, 0.6) is 0 Å². The molecule has 0 spiro atoms. The molecule has 0 saturated heterocycles. The fourth-order valence-electron chi connectivity index (χ4n) is 1.76. The van der Waals surface area contributed by atoms with Gasteiger partial charge in [-0.3, -0.25) is 0 Å². The van der Waals surface area contributed by atoms with E-state index in [2.05, 4.69) is 64.2 Å². The Kier molecular flexibility index (Phi) is 4.00. The van der Waals surface area contributed by atoms with Gasteiger partial charge in [0.25, 0.3) is 0 Å². The molecular formula is C15H26N2. The molecule has 1 unspecified atom stereocenters. The Morgan fingerprint density at radius 1 is 1.00 bits per heavy atom. The molecule has 2 heteroatoms. The fraction of sp³-hybridized carbons (Fsp3) is 0.600. The summed E-state index contributed by atoms with van der Waals surface area (Å²) in [5, 5.41) is 3.26. The van der Waals surface area contributed by atoms with Crippen LogP contribution in [-0.2, 0) is 5.41 Å². The zero-order valence-electron chi connectivity index (χ0n) is 12.0. The van der Waals surface area contributed by atoms with Gasteiger partial charge in [0.05, 0.1) is 0 Å². The Hall–Kier alpha value is -0.860. The quantitative estimate of drug-likeness (QED) is 0.844. The Bertz CT molecular complexity index is 358. The van der Waals surface area contributed by atoms with Crippen LogP contribution in [0.25, 0.3) is 0 Å². The van der Waals surface area contributed by atoms with Gasteiger partial charge in [0.15, 0.2) is 0 Å². The molecule has 2 nitrogen and oxygen atoms in total. The molecule has 0 bridgehead atoms. The molecule has 17 heavy (non-hydrogen) atoms. The summed E-state index contributed by atoms with van der Waals surface area (Å²) in [6.07, 6.45) is 0. The molecule has 0 radical (unpaired) electrons. The van der Waals surface area contributed by atoms with E-state index in [-0.39, 0.29) is 17.0 Å². The van der Waals surface area contributed by atoms with Crippen LogP contribution in [0.2, 0.25) is 0 Å². The van der Waals surface area contributed by atoms with Crippen LogP contribution in [0.15, 0.2) is 24.3 Å². The van der Waals surface area contributed by atoms with E-state index < -0.39 is 0 Å². The van der Waals surface area contributed by atoms with Crippen LogP contribution in [0, 0.1) is 0 Å². The Morgan fingerprint density at radius 2 is 1.47 bits per heavy atom. The second-order valence-corrected chi connectivity index (χ2v) is 6.32. The highest BCUT2D eigenvalue weighted by molar-refractivity contribution is 5.30. The summed E-state index contributed by atoms with van der Waals surface area (Å²) in [5.74, 6) is 0. The van der Waals surface area contributed by atoms with Gasteiger partial charge in [-0.2, -0.15) is 0 Å². The number of likely N-dealkylation sites (N-methyl/N-ethyl adjacent to an activating group) is 1. The molecule has 1 aromatic rings. The summed E-state index contributed by atoms with van der Waals surface area (Å²) in [7, 11) is 1.95. The van der Waals surface area contributed by atoms with Crippen LogP contribution < -0.4 is 11.1 Å². The monoisotopic (exact) mass is 234 g/mol. The molecular weight excluding hydrogens is 208 g/mol. The second-order valence-electron chi connectivity index (χ2n) is 6.32. The van der Waals surface area contributed by atoms with Crippen LogP contribution in [-0.4, -0.2) is 12.6 Å². The van der Waals surface area contributed by atoms with Crippen molar-refractivity contribution in [3.05, 3.63) is 35.4 Å². The lowest BCUT2D eigenvalue weighted by Gasteiger charge is -2.32. The largest absolute Gasteiger partial charge is 0.322 e. The van der Waals surface area contributed by atoms with Crippen LogP contribution >= 0.6 is 0 Å². The first-order chi connectivity index (χ1) is 7.68. The molecule has 0 fully saturated rings. The molecule has 0 aliphatic carbocycles. The van der Waals surface area contributed by atoms with Crippen molar-refractivity contribution in [3.63, 3.8) is 0 Å². The van der Waals surface area contributed by atoms with E-state index >= 15 is 0 Å². The van der Waals surface area contributed by atoms with E-state index in [0.29, 0.717) is 0 Å². The fourth-order valence-corrected chi connectivity index (χ4v) is 1.76. The Balaban J connectivity index is 2.96. The van der Waals surface area contributed by atoms with Gasteiger partial charge < -0.3 is 11.1 Å². The second kappa shape index (κ2) is 4.79. The molecule has 1 rings (SSSR count). The van der Waals surface area contributed by atoms with Gasteiger partial charge in [-0.1, -0.05) is 45.0 Å². The first-order valence-corrected chi connectivity index (χ1v) is 6.23. The minimum atomic E-state index is -0.0940. The average molecular weight is 234 g/mol. The zero-order valence-corrected chi connectivity index (χ0v) is 12.0. The number of benzene rings is 1. The van der Waals surface area contributed by atoms with Gasteiger partial charge in [0.2, 0.25) is 0 Å². The normalized spacial score (nSPS) is 14.8. The van der Waals surface area contributed by atoms with E-state index in [1.165, 1.54) is 11.1 Å². The van der Waals surface area contributed by atoms with E-state index in [4.69, 9.17) is 5.73 Å². The molecule has 1 atom stereocenters. The number of hydrogen-bond acceptors (Lipinski definition) is 2. The van der Waals surface area contributed by atoms with Gasteiger partial charge in [-0.15, -0.1) is 0 Å². The van der Waals surface area contributed by atoms with Crippen molar-refractivity contribution < 1.29 is 0 Å². The maximum Gasteiger partial charge on any atom is 0.0474 e. The summed E-state index contributed by atoms with van der Waals surface area (Å²) in [4.78, 5) is 0. The maximum atomic E-state index is 6.28. The third-order valence-electron chi connectivity index (χ3n) is 3.56. The number of rotatable bonds is 3. The summed E-state index contributed by atoms with van der Waals surface area (Å²) in [6.45, 7) is 10.9. The van der Waals surface area contributed by atoms with E-state index in [9.17, 15) is 0 Å². The Morgan fingerprint density at radius 3 is 1.82 bits per heavy atom. The first-order valence-electron chi connectivity index (χ1n) is 6.23. The first kappa shape index (κ1) is 14.2. The Labute approximate surface area is 106 Å². The van der Waals surface area contributed by atoms with Crippen molar-refractivity contribution in [1.82, 2.24) is 5.32 Å². The third-order valence-corrected chi connectivity index (χ3v) is 3.56. The lowest BCUT2D eigenvalue weighted by molar-refractivity contribution is 0.348. The number of hydrogen-bond donors (Lipinski definition) is 2. The van der Waals surface area contributed by atoms with Gasteiger partial charge in [-0.25, -0.2) is 0 Å². The minimum Gasteiger partial charge on any atom is -0.322 e. The summed E-state index contributed by atoms with van der Waals surface area (Å²) in [6, 6.07) is 8.65. The zero-order chi connectivity index (χ0) is 13.3. The molecule has 0 saturated carbocycles. The summed E-state index contributed by atoms with van der Waals surface area (Å²) in [5.41, 5.74) is 8.90. The standard InChI is InChI=1S/C15H26N2/c1-14(2,3)12-9-7-11(8-10-12)13(16)15(4,5)17-6/h7-10,13,17H,16H2,1-6H3. The highest BCUT2D eigenvalue weighted by atomic mass is 15.0. The summed E-state index contributed by atoms with van der Waals surface area (Å²) >= 11 is 0.